The molecule has 0 saturated carbocycles. The largest absolute Gasteiger partial charge is 0.384 e. The Morgan fingerprint density at radius 1 is 1.41 bits per heavy atom. The third-order valence-electron chi connectivity index (χ3n) is 3.14. The maximum absolute atomic E-state index is 12.9. The van der Waals surface area contributed by atoms with Gasteiger partial charge in [0.2, 0.25) is 0 Å². The summed E-state index contributed by atoms with van der Waals surface area (Å²) in [6.07, 6.45) is 2.30. The summed E-state index contributed by atoms with van der Waals surface area (Å²) >= 11 is 0. The molecule has 1 heterocycles. The minimum Gasteiger partial charge on any atom is -0.384 e. The van der Waals surface area contributed by atoms with Gasteiger partial charge in [-0.25, -0.2) is 4.39 Å². The maximum Gasteiger partial charge on any atom is 0.124 e. The van der Waals surface area contributed by atoms with Gasteiger partial charge in [-0.05, 0) is 50.0 Å². The summed E-state index contributed by atoms with van der Waals surface area (Å²) in [5.41, 5.74) is 1.10. The van der Waals surface area contributed by atoms with Crippen molar-refractivity contribution in [2.75, 3.05) is 25.0 Å². The molecule has 1 fully saturated rings. The topological polar surface area (TPSA) is 47.9 Å². The van der Waals surface area contributed by atoms with Crippen LogP contribution in [0.25, 0.3) is 0 Å². The van der Waals surface area contributed by atoms with Crippen molar-refractivity contribution in [3.8, 4) is 6.07 Å². The maximum atomic E-state index is 12.9. The lowest BCUT2D eigenvalue weighted by Gasteiger charge is -2.23. The number of benzene rings is 1. The molecule has 0 atom stereocenters. The van der Waals surface area contributed by atoms with Crippen LogP contribution in [0.2, 0.25) is 0 Å². The quantitative estimate of drug-likeness (QED) is 0.840. The van der Waals surface area contributed by atoms with E-state index in [9.17, 15) is 4.39 Å². The SMILES string of the molecule is N#Cc1cc(F)ccc1NCC1CCNCC1. The second kappa shape index (κ2) is 5.65. The summed E-state index contributed by atoms with van der Waals surface area (Å²) < 4.78 is 12.9. The summed E-state index contributed by atoms with van der Waals surface area (Å²) in [6, 6.07) is 6.29. The van der Waals surface area contributed by atoms with E-state index in [0.717, 1.165) is 38.2 Å². The Bertz CT molecular complexity index is 419. The molecule has 2 rings (SSSR count). The van der Waals surface area contributed by atoms with Crippen molar-refractivity contribution in [2.24, 2.45) is 5.92 Å². The van der Waals surface area contributed by atoms with Crippen molar-refractivity contribution >= 4 is 5.69 Å². The van der Waals surface area contributed by atoms with E-state index in [2.05, 4.69) is 10.6 Å². The van der Waals surface area contributed by atoms with Gasteiger partial charge in [0.1, 0.15) is 11.9 Å². The molecule has 0 unspecified atom stereocenters. The first-order valence-corrected chi connectivity index (χ1v) is 5.94. The van der Waals surface area contributed by atoms with Gasteiger partial charge in [-0.1, -0.05) is 0 Å². The second-order valence-corrected chi connectivity index (χ2v) is 4.38. The molecule has 1 aromatic rings. The van der Waals surface area contributed by atoms with Gasteiger partial charge in [-0.2, -0.15) is 5.26 Å². The molecule has 1 aliphatic rings. The Hall–Kier alpha value is -1.60. The highest BCUT2D eigenvalue weighted by molar-refractivity contribution is 5.57. The van der Waals surface area contributed by atoms with Gasteiger partial charge in [0.25, 0.3) is 0 Å². The molecule has 0 aromatic heterocycles. The lowest BCUT2D eigenvalue weighted by atomic mass is 9.98. The smallest absolute Gasteiger partial charge is 0.124 e. The summed E-state index contributed by atoms with van der Waals surface area (Å²) in [5.74, 6) is 0.266. The van der Waals surface area contributed by atoms with Crippen molar-refractivity contribution in [3.05, 3.63) is 29.6 Å². The molecule has 1 saturated heterocycles. The summed E-state index contributed by atoms with van der Waals surface area (Å²) in [5, 5.41) is 15.5. The van der Waals surface area contributed by atoms with Crippen LogP contribution in [0, 0.1) is 23.1 Å². The third kappa shape index (κ3) is 3.18. The molecule has 2 N–H and O–H groups in total. The average molecular weight is 233 g/mol. The highest BCUT2D eigenvalue weighted by atomic mass is 19.1. The highest BCUT2D eigenvalue weighted by Crippen LogP contribution is 2.18. The molecule has 0 spiro atoms. The molecule has 1 aliphatic heterocycles. The molecule has 0 aliphatic carbocycles. The van der Waals surface area contributed by atoms with Gasteiger partial charge in [-0.15, -0.1) is 0 Å². The Labute approximate surface area is 101 Å². The molecule has 0 bridgehead atoms. The van der Waals surface area contributed by atoms with E-state index in [-0.39, 0.29) is 5.82 Å². The van der Waals surface area contributed by atoms with Crippen LogP contribution >= 0.6 is 0 Å². The zero-order valence-corrected chi connectivity index (χ0v) is 9.67. The van der Waals surface area contributed by atoms with Crippen LogP contribution in [-0.4, -0.2) is 19.6 Å². The fourth-order valence-electron chi connectivity index (χ4n) is 2.10. The van der Waals surface area contributed by atoms with Crippen LogP contribution in [0.5, 0.6) is 0 Å². The number of hydrogen-bond acceptors (Lipinski definition) is 3. The molecule has 1 aromatic carbocycles. The highest BCUT2D eigenvalue weighted by Gasteiger charge is 2.13. The third-order valence-corrected chi connectivity index (χ3v) is 3.14. The molecule has 17 heavy (non-hydrogen) atoms. The van der Waals surface area contributed by atoms with E-state index >= 15 is 0 Å². The number of hydrogen-bond donors (Lipinski definition) is 2. The lowest BCUT2D eigenvalue weighted by molar-refractivity contribution is 0.390. The van der Waals surface area contributed by atoms with Gasteiger partial charge in [-0.3, -0.25) is 0 Å². The first-order valence-electron chi connectivity index (χ1n) is 5.94. The van der Waals surface area contributed by atoms with Gasteiger partial charge in [0, 0.05) is 6.54 Å². The van der Waals surface area contributed by atoms with Crippen molar-refractivity contribution in [1.82, 2.24) is 5.32 Å². The van der Waals surface area contributed by atoms with Gasteiger partial charge >= 0.3 is 0 Å². The Balaban J connectivity index is 1.96. The summed E-state index contributed by atoms with van der Waals surface area (Å²) in [4.78, 5) is 0. The molecule has 3 nitrogen and oxygen atoms in total. The van der Waals surface area contributed by atoms with Crippen molar-refractivity contribution in [1.29, 1.82) is 5.26 Å². The van der Waals surface area contributed by atoms with Gasteiger partial charge in [0.05, 0.1) is 11.3 Å². The van der Waals surface area contributed by atoms with Crippen LogP contribution in [0.3, 0.4) is 0 Å². The number of nitriles is 1. The lowest BCUT2D eigenvalue weighted by Crippen LogP contribution is -2.31. The average Bonchev–Trinajstić information content (AvgIpc) is 2.38. The Morgan fingerprint density at radius 2 is 2.18 bits per heavy atom. The standard InChI is InChI=1S/C13H16FN3/c14-12-1-2-13(11(7-12)8-15)17-9-10-3-5-16-6-4-10/h1-2,7,10,16-17H,3-6,9H2. The summed E-state index contributed by atoms with van der Waals surface area (Å²) in [6.45, 7) is 2.96. The van der Waals surface area contributed by atoms with E-state index in [0.29, 0.717) is 11.5 Å². The molecular formula is C13H16FN3. The fourth-order valence-corrected chi connectivity index (χ4v) is 2.10. The second-order valence-electron chi connectivity index (χ2n) is 4.38. The van der Waals surface area contributed by atoms with E-state index in [1.807, 2.05) is 6.07 Å². The van der Waals surface area contributed by atoms with Crippen molar-refractivity contribution in [2.45, 2.75) is 12.8 Å². The first-order chi connectivity index (χ1) is 8.29. The fraction of sp³-hybridized carbons (Fsp3) is 0.462. The van der Waals surface area contributed by atoms with Gasteiger partial charge in [0.15, 0.2) is 0 Å². The van der Waals surface area contributed by atoms with E-state index < -0.39 is 0 Å². The number of rotatable bonds is 3. The monoisotopic (exact) mass is 233 g/mol. The Kier molecular flexibility index (Phi) is 3.94. The molecule has 0 radical (unpaired) electrons. The van der Waals surface area contributed by atoms with Crippen LogP contribution in [0.1, 0.15) is 18.4 Å². The number of halogens is 1. The summed E-state index contributed by atoms with van der Waals surface area (Å²) in [7, 11) is 0. The molecular weight excluding hydrogens is 217 g/mol. The number of piperidine rings is 1. The normalized spacial score (nSPS) is 16.5. The van der Waals surface area contributed by atoms with Crippen molar-refractivity contribution < 1.29 is 4.39 Å². The molecule has 90 valence electrons. The van der Waals surface area contributed by atoms with Crippen LogP contribution in [-0.2, 0) is 0 Å². The number of anilines is 1. The van der Waals surface area contributed by atoms with Crippen molar-refractivity contribution in [3.63, 3.8) is 0 Å². The predicted molar refractivity (Wildman–Crippen MR) is 65.2 cm³/mol. The van der Waals surface area contributed by atoms with Gasteiger partial charge < -0.3 is 10.6 Å². The predicted octanol–water partition coefficient (Wildman–Crippen LogP) is 2.11. The Morgan fingerprint density at radius 3 is 2.88 bits per heavy atom. The number of nitrogens with zero attached hydrogens (tertiary/aromatic N) is 1. The van der Waals surface area contributed by atoms with E-state index in [4.69, 9.17) is 5.26 Å². The number of nitrogens with one attached hydrogen (secondary N) is 2. The zero-order valence-electron chi connectivity index (χ0n) is 9.67. The van der Waals surface area contributed by atoms with Crippen LogP contribution in [0.15, 0.2) is 18.2 Å². The first kappa shape index (κ1) is 11.9. The zero-order chi connectivity index (χ0) is 12.1. The van der Waals surface area contributed by atoms with Crippen LogP contribution < -0.4 is 10.6 Å². The molecule has 0 amide bonds. The van der Waals surface area contributed by atoms with Crippen LogP contribution in [0.4, 0.5) is 10.1 Å². The van der Waals surface area contributed by atoms with E-state index in [1.54, 1.807) is 6.07 Å². The van der Waals surface area contributed by atoms with E-state index in [1.165, 1.54) is 12.1 Å². The molecule has 4 heteroatoms. The minimum absolute atomic E-state index is 0.367. The minimum atomic E-state index is -0.367.